The van der Waals surface area contributed by atoms with Crippen LogP contribution in [0.3, 0.4) is 0 Å². The van der Waals surface area contributed by atoms with E-state index in [0.717, 1.165) is 49.5 Å². The quantitative estimate of drug-likeness (QED) is 0.388. The Morgan fingerprint density at radius 3 is 2.41 bits per heavy atom. The first kappa shape index (κ1) is 26.6. The molecule has 37 heavy (non-hydrogen) atoms. The molecule has 8 heteroatoms. The maximum absolute atomic E-state index is 13.0. The monoisotopic (exact) mass is 504 g/mol. The minimum atomic E-state index is -0.575. The molecule has 0 amide bonds. The second kappa shape index (κ2) is 13.2. The highest BCUT2D eigenvalue weighted by Gasteiger charge is 2.18. The molecule has 1 aromatic heterocycles. The Kier molecular flexibility index (Phi) is 9.44. The Balaban J connectivity index is 1.43. The molecule has 0 radical (unpaired) electrons. The number of aromatic amines is 1. The first-order valence-electron chi connectivity index (χ1n) is 12.6. The molecule has 194 valence electrons. The lowest BCUT2D eigenvalue weighted by Gasteiger charge is -2.26. The standard InChI is InChI=1S/C29H33FN4O3/c1-21(17-30)31-18-26(16-27-28(35)29(36)33-20-32-27)25-10-8-23(9-11-25)3-2-22-4-6-24(7-5-22)19-34-12-14-37-15-13-34/h4-11,20-21,26,31,35H,12-19H2,1H3,(H,32,33,36). The van der Waals surface area contributed by atoms with Crippen molar-refractivity contribution in [2.45, 2.75) is 31.8 Å². The molecule has 2 heterocycles. The molecule has 1 aliphatic rings. The van der Waals surface area contributed by atoms with Gasteiger partial charge in [0, 0.05) is 55.7 Å². The van der Waals surface area contributed by atoms with Crippen molar-refractivity contribution in [3.63, 3.8) is 0 Å². The summed E-state index contributed by atoms with van der Waals surface area (Å²) in [5.41, 5.74) is 3.81. The maximum atomic E-state index is 13.0. The van der Waals surface area contributed by atoms with E-state index >= 15 is 0 Å². The van der Waals surface area contributed by atoms with Gasteiger partial charge < -0.3 is 20.1 Å². The van der Waals surface area contributed by atoms with Crippen molar-refractivity contribution >= 4 is 0 Å². The summed E-state index contributed by atoms with van der Waals surface area (Å²) in [6.45, 7) is 6.20. The van der Waals surface area contributed by atoms with E-state index in [1.807, 2.05) is 36.4 Å². The fraction of sp³-hybridized carbons (Fsp3) is 0.379. The molecule has 2 atom stereocenters. The van der Waals surface area contributed by atoms with Crippen molar-refractivity contribution in [1.29, 1.82) is 0 Å². The minimum Gasteiger partial charge on any atom is -0.502 e. The van der Waals surface area contributed by atoms with Gasteiger partial charge in [0.1, 0.15) is 6.67 Å². The fourth-order valence-electron chi connectivity index (χ4n) is 4.21. The van der Waals surface area contributed by atoms with Crippen molar-refractivity contribution in [1.82, 2.24) is 20.2 Å². The van der Waals surface area contributed by atoms with Gasteiger partial charge in [-0.15, -0.1) is 0 Å². The molecule has 2 unspecified atom stereocenters. The number of halogens is 1. The highest BCUT2D eigenvalue weighted by Crippen LogP contribution is 2.23. The van der Waals surface area contributed by atoms with Gasteiger partial charge in [0.2, 0.25) is 5.75 Å². The summed E-state index contributed by atoms with van der Waals surface area (Å²) in [7, 11) is 0. The first-order chi connectivity index (χ1) is 18.0. The van der Waals surface area contributed by atoms with Gasteiger partial charge in [-0.25, -0.2) is 9.37 Å². The Morgan fingerprint density at radius 1 is 1.11 bits per heavy atom. The van der Waals surface area contributed by atoms with Crippen molar-refractivity contribution in [3.05, 3.63) is 93.2 Å². The molecule has 7 nitrogen and oxygen atoms in total. The van der Waals surface area contributed by atoms with Crippen LogP contribution in [0, 0.1) is 11.8 Å². The third-order valence-electron chi connectivity index (χ3n) is 6.49. The predicted molar refractivity (Wildman–Crippen MR) is 141 cm³/mol. The summed E-state index contributed by atoms with van der Waals surface area (Å²) < 4.78 is 18.4. The number of hydrogen-bond donors (Lipinski definition) is 3. The molecule has 3 N–H and O–H groups in total. The van der Waals surface area contributed by atoms with Gasteiger partial charge in [-0.05, 0) is 42.3 Å². The van der Waals surface area contributed by atoms with Crippen molar-refractivity contribution in [3.8, 4) is 17.6 Å². The van der Waals surface area contributed by atoms with Crippen LogP contribution in [-0.4, -0.2) is 65.5 Å². The lowest BCUT2D eigenvalue weighted by Crippen LogP contribution is -2.35. The molecule has 3 aromatic rings. The van der Waals surface area contributed by atoms with Crippen LogP contribution in [0.5, 0.6) is 5.75 Å². The van der Waals surface area contributed by atoms with E-state index in [1.165, 1.54) is 11.9 Å². The van der Waals surface area contributed by atoms with E-state index in [2.05, 4.69) is 44.2 Å². The normalized spacial score (nSPS) is 15.5. The Hall–Kier alpha value is -3.51. The smallest absolute Gasteiger partial charge is 0.293 e. The highest BCUT2D eigenvalue weighted by molar-refractivity contribution is 5.44. The van der Waals surface area contributed by atoms with Gasteiger partial charge in [0.15, 0.2) is 0 Å². The number of alkyl halides is 1. The van der Waals surface area contributed by atoms with Crippen molar-refractivity contribution in [2.24, 2.45) is 0 Å². The van der Waals surface area contributed by atoms with Gasteiger partial charge in [0.25, 0.3) is 5.56 Å². The van der Waals surface area contributed by atoms with Gasteiger partial charge in [0.05, 0.1) is 25.2 Å². The highest BCUT2D eigenvalue weighted by atomic mass is 19.1. The van der Waals surface area contributed by atoms with Gasteiger partial charge >= 0.3 is 0 Å². The van der Waals surface area contributed by atoms with Crippen LogP contribution in [0.2, 0.25) is 0 Å². The molecule has 2 aromatic carbocycles. The molecule has 0 saturated carbocycles. The van der Waals surface area contributed by atoms with Crippen LogP contribution in [0.25, 0.3) is 0 Å². The minimum absolute atomic E-state index is 0.116. The lowest BCUT2D eigenvalue weighted by molar-refractivity contribution is 0.0342. The predicted octanol–water partition coefficient (Wildman–Crippen LogP) is 2.98. The van der Waals surface area contributed by atoms with Crippen LogP contribution in [0.4, 0.5) is 4.39 Å². The summed E-state index contributed by atoms with van der Waals surface area (Å²) in [5, 5.41) is 13.3. The topological polar surface area (TPSA) is 90.5 Å². The number of benzene rings is 2. The first-order valence-corrected chi connectivity index (χ1v) is 12.6. The summed E-state index contributed by atoms with van der Waals surface area (Å²) in [6, 6.07) is 15.9. The fourth-order valence-corrected chi connectivity index (χ4v) is 4.21. The zero-order valence-corrected chi connectivity index (χ0v) is 21.0. The SMILES string of the molecule is CC(CF)NCC(Cc1nc[nH]c(=O)c1O)c1ccc(C#Cc2ccc(CN3CCOCC3)cc2)cc1. The van der Waals surface area contributed by atoms with Gasteiger partial charge in [-0.2, -0.15) is 0 Å². The molecule has 4 rings (SSSR count). The summed E-state index contributed by atoms with van der Waals surface area (Å²) in [5.74, 6) is 5.94. The number of aromatic nitrogens is 2. The number of morpholine rings is 1. The summed E-state index contributed by atoms with van der Waals surface area (Å²) in [6.07, 6.45) is 1.61. The zero-order chi connectivity index (χ0) is 26.0. The third kappa shape index (κ3) is 7.73. The molecule has 1 fully saturated rings. The lowest BCUT2D eigenvalue weighted by atomic mass is 9.92. The zero-order valence-electron chi connectivity index (χ0n) is 21.0. The number of H-pyrrole nitrogens is 1. The van der Waals surface area contributed by atoms with E-state index in [4.69, 9.17) is 4.74 Å². The largest absolute Gasteiger partial charge is 0.502 e. The molecule has 0 bridgehead atoms. The third-order valence-corrected chi connectivity index (χ3v) is 6.49. The molecule has 1 aliphatic heterocycles. The molecule has 0 spiro atoms. The summed E-state index contributed by atoms with van der Waals surface area (Å²) in [4.78, 5) is 20.7. The number of nitrogens with zero attached hydrogens (tertiary/aromatic N) is 2. The van der Waals surface area contributed by atoms with Crippen LogP contribution in [-0.2, 0) is 17.7 Å². The number of aromatic hydroxyl groups is 1. The second-order valence-corrected chi connectivity index (χ2v) is 9.35. The number of nitrogens with one attached hydrogen (secondary N) is 2. The van der Waals surface area contributed by atoms with E-state index in [0.29, 0.717) is 18.7 Å². The average Bonchev–Trinajstić information content (AvgIpc) is 2.93. The second-order valence-electron chi connectivity index (χ2n) is 9.35. The number of hydrogen-bond acceptors (Lipinski definition) is 6. The van der Waals surface area contributed by atoms with Crippen molar-refractivity contribution in [2.75, 3.05) is 39.5 Å². The number of rotatable bonds is 9. The Labute approximate surface area is 216 Å². The van der Waals surface area contributed by atoms with E-state index < -0.39 is 12.2 Å². The van der Waals surface area contributed by atoms with Crippen molar-refractivity contribution < 1.29 is 14.2 Å². The Bertz CT molecular complexity index is 1260. The Morgan fingerprint density at radius 2 is 1.76 bits per heavy atom. The van der Waals surface area contributed by atoms with Crippen LogP contribution in [0.1, 0.15) is 40.8 Å². The molecular formula is C29H33FN4O3. The van der Waals surface area contributed by atoms with Crippen LogP contribution < -0.4 is 10.9 Å². The molecule has 0 aliphatic carbocycles. The van der Waals surface area contributed by atoms with E-state index in [-0.39, 0.29) is 17.7 Å². The number of ether oxygens (including phenoxy) is 1. The van der Waals surface area contributed by atoms with Gasteiger partial charge in [-0.3, -0.25) is 9.69 Å². The maximum Gasteiger partial charge on any atom is 0.293 e. The van der Waals surface area contributed by atoms with Crippen LogP contribution in [0.15, 0.2) is 59.7 Å². The summed E-state index contributed by atoms with van der Waals surface area (Å²) >= 11 is 0. The molecular weight excluding hydrogens is 471 g/mol. The van der Waals surface area contributed by atoms with Gasteiger partial charge in [-0.1, -0.05) is 36.1 Å². The average molecular weight is 505 g/mol. The molecule has 1 saturated heterocycles. The van der Waals surface area contributed by atoms with E-state index in [1.54, 1.807) is 6.92 Å². The van der Waals surface area contributed by atoms with E-state index in [9.17, 15) is 14.3 Å². The van der Waals surface area contributed by atoms with Crippen LogP contribution >= 0.6 is 0 Å².